The molecule has 3 N–H and O–H groups in total. The van der Waals surface area contributed by atoms with Gasteiger partial charge in [0.15, 0.2) is 0 Å². The molecule has 0 amide bonds. The maximum absolute atomic E-state index is 5.46. The van der Waals surface area contributed by atoms with Crippen molar-refractivity contribution in [2.45, 2.75) is 26.7 Å². The van der Waals surface area contributed by atoms with E-state index >= 15 is 0 Å². The van der Waals surface area contributed by atoms with Crippen LogP contribution in [0.25, 0.3) is 0 Å². The van der Waals surface area contributed by atoms with Gasteiger partial charge in [0, 0.05) is 0 Å². The number of nitrogens with two attached hydrogens (primary N) is 1. The second-order valence-electron chi connectivity index (χ2n) is 2.88. The lowest BCUT2D eigenvalue weighted by Crippen LogP contribution is -2.21. The fraction of sp³-hybridized carbons (Fsp3) is 1.00. The summed E-state index contributed by atoms with van der Waals surface area (Å²) >= 11 is 0. The molecule has 62 valence electrons. The first-order chi connectivity index (χ1) is 4.81. The highest BCUT2D eigenvalue weighted by Gasteiger charge is 1.96. The minimum atomic E-state index is 0.671. The van der Waals surface area contributed by atoms with Crippen molar-refractivity contribution in [1.82, 2.24) is 5.32 Å². The Labute approximate surface area is 64.2 Å². The van der Waals surface area contributed by atoms with E-state index in [0.29, 0.717) is 5.92 Å². The number of hydrogen-bond acceptors (Lipinski definition) is 2. The Hall–Kier alpha value is -0.0800. The van der Waals surface area contributed by atoms with Gasteiger partial charge in [-0.2, -0.15) is 0 Å². The highest BCUT2D eigenvalue weighted by molar-refractivity contribution is 4.55. The first-order valence-corrected chi connectivity index (χ1v) is 4.22. The summed E-state index contributed by atoms with van der Waals surface area (Å²) in [6, 6.07) is 0. The van der Waals surface area contributed by atoms with Crippen molar-refractivity contribution >= 4 is 0 Å². The van der Waals surface area contributed by atoms with Gasteiger partial charge >= 0.3 is 0 Å². The van der Waals surface area contributed by atoms with Gasteiger partial charge in [0.25, 0.3) is 0 Å². The molecule has 2 nitrogen and oxygen atoms in total. The van der Waals surface area contributed by atoms with Gasteiger partial charge in [0.2, 0.25) is 0 Å². The standard InChI is InChI=1S/C8H20N2/c1-3-5-10-6-4-8(2)7-9/h8,10H,3-7,9H2,1-2H3. The van der Waals surface area contributed by atoms with Crippen LogP contribution in [0.5, 0.6) is 0 Å². The molecule has 0 aromatic carbocycles. The zero-order chi connectivity index (χ0) is 7.82. The molecule has 0 bridgehead atoms. The highest BCUT2D eigenvalue weighted by atomic mass is 14.8. The Morgan fingerprint density at radius 2 is 2.10 bits per heavy atom. The van der Waals surface area contributed by atoms with Crippen molar-refractivity contribution in [2.24, 2.45) is 11.7 Å². The average molecular weight is 144 g/mol. The predicted octanol–water partition coefficient (Wildman–Crippen LogP) is 0.971. The lowest BCUT2D eigenvalue weighted by Gasteiger charge is -2.07. The molecule has 0 aliphatic carbocycles. The monoisotopic (exact) mass is 144 g/mol. The summed E-state index contributed by atoms with van der Waals surface area (Å²) in [7, 11) is 0. The molecule has 0 saturated carbocycles. The molecular weight excluding hydrogens is 124 g/mol. The molecular formula is C8H20N2. The van der Waals surface area contributed by atoms with Gasteiger partial charge < -0.3 is 11.1 Å². The summed E-state index contributed by atoms with van der Waals surface area (Å²) in [5.74, 6) is 0.671. The maximum Gasteiger partial charge on any atom is -0.00459 e. The topological polar surface area (TPSA) is 38.0 Å². The molecule has 0 spiro atoms. The predicted molar refractivity (Wildman–Crippen MR) is 46.0 cm³/mol. The fourth-order valence-corrected chi connectivity index (χ4v) is 0.768. The van der Waals surface area contributed by atoms with Crippen LogP contribution >= 0.6 is 0 Å². The molecule has 0 radical (unpaired) electrons. The number of rotatable bonds is 6. The quantitative estimate of drug-likeness (QED) is 0.545. The van der Waals surface area contributed by atoms with E-state index < -0.39 is 0 Å². The molecule has 0 aliphatic heterocycles. The average Bonchev–Trinajstić information content (AvgIpc) is 1.98. The van der Waals surface area contributed by atoms with Crippen LogP contribution in [-0.2, 0) is 0 Å². The summed E-state index contributed by atoms with van der Waals surface area (Å²) in [6.45, 7) is 7.43. The van der Waals surface area contributed by atoms with Crippen molar-refractivity contribution in [2.75, 3.05) is 19.6 Å². The molecule has 0 aromatic heterocycles. The van der Waals surface area contributed by atoms with Crippen molar-refractivity contribution in [3.05, 3.63) is 0 Å². The second kappa shape index (κ2) is 7.03. The molecule has 1 atom stereocenters. The third-order valence-electron chi connectivity index (χ3n) is 1.64. The van der Waals surface area contributed by atoms with Crippen molar-refractivity contribution in [1.29, 1.82) is 0 Å². The highest BCUT2D eigenvalue weighted by Crippen LogP contribution is 1.95. The molecule has 0 rings (SSSR count). The fourth-order valence-electron chi connectivity index (χ4n) is 0.768. The van der Waals surface area contributed by atoms with Crippen LogP contribution in [-0.4, -0.2) is 19.6 Å². The lowest BCUT2D eigenvalue weighted by atomic mass is 10.1. The molecule has 0 aliphatic rings. The lowest BCUT2D eigenvalue weighted by molar-refractivity contribution is 0.509. The van der Waals surface area contributed by atoms with Crippen LogP contribution in [0, 0.1) is 5.92 Å². The summed E-state index contributed by atoms with van der Waals surface area (Å²) < 4.78 is 0. The zero-order valence-electron chi connectivity index (χ0n) is 7.19. The van der Waals surface area contributed by atoms with Gasteiger partial charge in [-0.15, -0.1) is 0 Å². The normalized spacial score (nSPS) is 13.5. The third-order valence-corrected chi connectivity index (χ3v) is 1.64. The Bertz CT molecular complexity index is 64.3. The van der Waals surface area contributed by atoms with E-state index in [1.807, 2.05) is 0 Å². The smallest absolute Gasteiger partial charge is 0.00459 e. The summed E-state index contributed by atoms with van der Waals surface area (Å²) in [6.07, 6.45) is 2.42. The van der Waals surface area contributed by atoms with Gasteiger partial charge in [-0.05, 0) is 38.4 Å². The Kier molecular flexibility index (Phi) is 6.98. The van der Waals surface area contributed by atoms with Gasteiger partial charge in [0.1, 0.15) is 0 Å². The Morgan fingerprint density at radius 3 is 2.60 bits per heavy atom. The van der Waals surface area contributed by atoms with E-state index in [-0.39, 0.29) is 0 Å². The largest absolute Gasteiger partial charge is 0.330 e. The van der Waals surface area contributed by atoms with Crippen molar-refractivity contribution in [3.8, 4) is 0 Å². The third kappa shape index (κ3) is 6.05. The molecule has 2 heteroatoms. The van der Waals surface area contributed by atoms with E-state index in [0.717, 1.165) is 19.6 Å². The van der Waals surface area contributed by atoms with Gasteiger partial charge in [0.05, 0.1) is 0 Å². The van der Waals surface area contributed by atoms with Crippen molar-refractivity contribution < 1.29 is 0 Å². The maximum atomic E-state index is 5.46. The SMILES string of the molecule is CCCNCCC(C)CN. The van der Waals surface area contributed by atoms with E-state index in [1.54, 1.807) is 0 Å². The van der Waals surface area contributed by atoms with E-state index in [2.05, 4.69) is 19.2 Å². The molecule has 0 saturated heterocycles. The van der Waals surface area contributed by atoms with Crippen LogP contribution in [0.3, 0.4) is 0 Å². The number of nitrogens with one attached hydrogen (secondary N) is 1. The Balaban J connectivity index is 2.89. The molecule has 0 fully saturated rings. The summed E-state index contributed by atoms with van der Waals surface area (Å²) in [5, 5.41) is 3.34. The zero-order valence-corrected chi connectivity index (χ0v) is 7.19. The summed E-state index contributed by atoms with van der Waals surface area (Å²) in [4.78, 5) is 0. The Morgan fingerprint density at radius 1 is 1.40 bits per heavy atom. The van der Waals surface area contributed by atoms with Crippen LogP contribution in [0.15, 0.2) is 0 Å². The molecule has 0 aromatic rings. The molecule has 1 unspecified atom stereocenters. The van der Waals surface area contributed by atoms with Gasteiger partial charge in [-0.25, -0.2) is 0 Å². The van der Waals surface area contributed by atoms with Crippen LogP contribution in [0.4, 0.5) is 0 Å². The van der Waals surface area contributed by atoms with E-state index in [4.69, 9.17) is 5.73 Å². The van der Waals surface area contributed by atoms with Crippen LogP contribution in [0.1, 0.15) is 26.7 Å². The first-order valence-electron chi connectivity index (χ1n) is 4.22. The summed E-state index contributed by atoms with van der Waals surface area (Å²) in [5.41, 5.74) is 5.46. The van der Waals surface area contributed by atoms with E-state index in [9.17, 15) is 0 Å². The molecule has 10 heavy (non-hydrogen) atoms. The van der Waals surface area contributed by atoms with Crippen molar-refractivity contribution in [3.63, 3.8) is 0 Å². The van der Waals surface area contributed by atoms with E-state index in [1.165, 1.54) is 12.8 Å². The van der Waals surface area contributed by atoms with Crippen LogP contribution < -0.4 is 11.1 Å². The second-order valence-corrected chi connectivity index (χ2v) is 2.88. The van der Waals surface area contributed by atoms with Crippen LogP contribution in [0.2, 0.25) is 0 Å². The minimum absolute atomic E-state index is 0.671. The van der Waals surface area contributed by atoms with Gasteiger partial charge in [-0.1, -0.05) is 13.8 Å². The number of hydrogen-bond donors (Lipinski definition) is 2. The van der Waals surface area contributed by atoms with Gasteiger partial charge in [-0.3, -0.25) is 0 Å². The minimum Gasteiger partial charge on any atom is -0.330 e. The molecule has 0 heterocycles. The first kappa shape index (κ1) is 9.92.